The van der Waals surface area contributed by atoms with E-state index in [0.29, 0.717) is 18.1 Å². The summed E-state index contributed by atoms with van der Waals surface area (Å²) in [5.74, 6) is 1.11. The zero-order valence-corrected chi connectivity index (χ0v) is 17.6. The van der Waals surface area contributed by atoms with Crippen LogP contribution in [0.2, 0.25) is 0 Å². The fraction of sp³-hybridized carbons (Fsp3) is 0.458. The smallest absolute Gasteiger partial charge is 0.143 e. The van der Waals surface area contributed by atoms with Gasteiger partial charge in [0.1, 0.15) is 5.78 Å². The number of aromatic nitrogens is 3. The molecule has 4 rings (SSSR count). The highest BCUT2D eigenvalue weighted by atomic mass is 16.1. The van der Waals surface area contributed by atoms with Crippen LogP contribution in [-0.2, 0) is 18.3 Å². The Bertz CT molecular complexity index is 1010. The molecular weight excluding hydrogens is 360 g/mol. The van der Waals surface area contributed by atoms with Crippen molar-refractivity contribution in [3.63, 3.8) is 0 Å². The number of hydrogen-bond acceptors (Lipinski definition) is 4. The molecule has 3 heterocycles. The van der Waals surface area contributed by atoms with Crippen LogP contribution in [0.25, 0.3) is 21.9 Å². The normalized spacial score (nSPS) is 17.9. The SMILES string of the molecule is CC(C)CN1CCC[C@H](C(=O)Cc2cc3cc(-c4cnn(C)c4)ccc3cn2)C1. The number of fused-ring (bicyclic) bond motifs is 1. The molecule has 0 unspecified atom stereocenters. The molecule has 0 bridgehead atoms. The van der Waals surface area contributed by atoms with Gasteiger partial charge >= 0.3 is 0 Å². The van der Waals surface area contributed by atoms with Gasteiger partial charge in [-0.05, 0) is 48.4 Å². The van der Waals surface area contributed by atoms with Crippen molar-refractivity contribution in [2.24, 2.45) is 18.9 Å². The summed E-state index contributed by atoms with van der Waals surface area (Å²) >= 11 is 0. The van der Waals surface area contributed by atoms with Gasteiger partial charge in [0.2, 0.25) is 0 Å². The second kappa shape index (κ2) is 8.46. The molecule has 2 aromatic heterocycles. The summed E-state index contributed by atoms with van der Waals surface area (Å²) in [5.41, 5.74) is 3.09. The summed E-state index contributed by atoms with van der Waals surface area (Å²) in [4.78, 5) is 20.0. The fourth-order valence-corrected chi connectivity index (χ4v) is 4.36. The highest BCUT2D eigenvalue weighted by molar-refractivity contribution is 5.88. The summed E-state index contributed by atoms with van der Waals surface area (Å²) in [7, 11) is 1.92. The van der Waals surface area contributed by atoms with Crippen molar-refractivity contribution < 1.29 is 4.79 Å². The largest absolute Gasteiger partial charge is 0.302 e. The molecule has 1 aliphatic heterocycles. The number of Topliss-reactive ketones (excluding diaryl/α,β-unsaturated/α-hetero) is 1. The van der Waals surface area contributed by atoms with E-state index in [-0.39, 0.29) is 5.92 Å². The Kier molecular flexibility index (Phi) is 5.76. The van der Waals surface area contributed by atoms with Crippen LogP contribution in [0.1, 0.15) is 32.4 Å². The zero-order valence-electron chi connectivity index (χ0n) is 17.6. The Balaban J connectivity index is 1.49. The molecule has 1 saturated heterocycles. The first-order valence-corrected chi connectivity index (χ1v) is 10.6. The van der Waals surface area contributed by atoms with Crippen LogP contribution in [0.5, 0.6) is 0 Å². The lowest BCUT2D eigenvalue weighted by atomic mass is 9.90. The van der Waals surface area contributed by atoms with Crippen molar-refractivity contribution in [1.82, 2.24) is 19.7 Å². The second-order valence-corrected chi connectivity index (χ2v) is 8.78. The molecule has 1 fully saturated rings. The number of nitrogens with zero attached hydrogens (tertiary/aromatic N) is 4. The summed E-state index contributed by atoms with van der Waals surface area (Å²) in [6.07, 6.45) is 8.32. The third-order valence-corrected chi connectivity index (χ3v) is 5.76. The van der Waals surface area contributed by atoms with Crippen LogP contribution in [-0.4, -0.2) is 45.1 Å². The van der Waals surface area contributed by atoms with Gasteiger partial charge in [0, 0.05) is 61.5 Å². The molecule has 0 spiro atoms. The number of piperidine rings is 1. The number of aryl methyl sites for hydroxylation is 1. The van der Waals surface area contributed by atoms with Crippen LogP contribution in [0, 0.1) is 11.8 Å². The molecule has 5 heteroatoms. The van der Waals surface area contributed by atoms with Gasteiger partial charge in [0.25, 0.3) is 0 Å². The predicted octanol–water partition coefficient (Wildman–Crippen LogP) is 4.11. The minimum absolute atomic E-state index is 0.140. The van der Waals surface area contributed by atoms with Crippen molar-refractivity contribution in [2.45, 2.75) is 33.1 Å². The van der Waals surface area contributed by atoms with E-state index in [2.05, 4.69) is 53.1 Å². The van der Waals surface area contributed by atoms with Crippen LogP contribution in [0.3, 0.4) is 0 Å². The van der Waals surface area contributed by atoms with Gasteiger partial charge in [0.05, 0.1) is 6.20 Å². The number of benzene rings is 1. The molecule has 29 heavy (non-hydrogen) atoms. The van der Waals surface area contributed by atoms with Crippen LogP contribution < -0.4 is 0 Å². The molecule has 0 radical (unpaired) electrons. The van der Waals surface area contributed by atoms with Gasteiger partial charge in [-0.25, -0.2) is 0 Å². The minimum Gasteiger partial charge on any atom is -0.302 e. The highest BCUT2D eigenvalue weighted by Gasteiger charge is 2.26. The highest BCUT2D eigenvalue weighted by Crippen LogP contribution is 2.25. The molecule has 1 atom stereocenters. The summed E-state index contributed by atoms with van der Waals surface area (Å²) < 4.78 is 1.81. The number of hydrogen-bond donors (Lipinski definition) is 0. The molecular formula is C24H30N4O. The number of carbonyl (C=O) groups excluding carboxylic acids is 1. The van der Waals surface area contributed by atoms with Gasteiger partial charge in [-0.1, -0.05) is 26.0 Å². The fourth-order valence-electron chi connectivity index (χ4n) is 4.36. The zero-order chi connectivity index (χ0) is 20.4. The Hall–Kier alpha value is -2.53. The molecule has 152 valence electrons. The van der Waals surface area contributed by atoms with Crippen LogP contribution in [0.4, 0.5) is 0 Å². The quantitative estimate of drug-likeness (QED) is 0.635. The van der Waals surface area contributed by atoms with Crippen molar-refractivity contribution in [3.05, 3.63) is 48.5 Å². The molecule has 5 nitrogen and oxygen atoms in total. The van der Waals surface area contributed by atoms with Crippen LogP contribution in [0.15, 0.2) is 42.9 Å². The van der Waals surface area contributed by atoms with E-state index in [4.69, 9.17) is 0 Å². The summed E-state index contributed by atoms with van der Waals surface area (Å²) in [6.45, 7) is 7.58. The van der Waals surface area contributed by atoms with Crippen molar-refractivity contribution in [3.8, 4) is 11.1 Å². The molecule has 1 aromatic carbocycles. The van der Waals surface area contributed by atoms with Gasteiger partial charge in [0.15, 0.2) is 0 Å². The van der Waals surface area contributed by atoms with E-state index >= 15 is 0 Å². The summed E-state index contributed by atoms with van der Waals surface area (Å²) in [6, 6.07) is 8.41. The Morgan fingerprint density at radius 3 is 2.79 bits per heavy atom. The van der Waals surface area contributed by atoms with E-state index in [9.17, 15) is 4.79 Å². The standard InChI is InChI=1S/C24H30N4O/c1-17(2)14-28-8-4-5-20(16-28)24(29)11-23-10-21-9-18(6-7-19(21)12-25-23)22-13-26-27(3)15-22/h6-7,9-10,12-13,15,17,20H,4-5,8,11,14,16H2,1-3H3/t20-/m0/s1. The average molecular weight is 391 g/mol. The lowest BCUT2D eigenvalue weighted by Crippen LogP contribution is -2.40. The molecule has 0 aliphatic carbocycles. The monoisotopic (exact) mass is 390 g/mol. The first kappa shape index (κ1) is 19.8. The Morgan fingerprint density at radius 1 is 1.17 bits per heavy atom. The molecule has 3 aromatic rings. The van der Waals surface area contributed by atoms with Gasteiger partial charge in [-0.3, -0.25) is 14.5 Å². The lowest BCUT2D eigenvalue weighted by Gasteiger charge is -2.33. The Morgan fingerprint density at radius 2 is 2.03 bits per heavy atom. The molecule has 1 aliphatic rings. The number of pyridine rings is 1. The van der Waals surface area contributed by atoms with E-state index < -0.39 is 0 Å². The van der Waals surface area contributed by atoms with Crippen molar-refractivity contribution >= 4 is 16.6 Å². The number of ketones is 1. The third-order valence-electron chi connectivity index (χ3n) is 5.76. The Labute approximate surface area is 172 Å². The summed E-state index contributed by atoms with van der Waals surface area (Å²) in [5, 5.41) is 6.47. The van der Waals surface area contributed by atoms with E-state index in [0.717, 1.165) is 60.1 Å². The maximum Gasteiger partial charge on any atom is 0.143 e. The molecule has 0 amide bonds. The first-order valence-electron chi connectivity index (χ1n) is 10.6. The predicted molar refractivity (Wildman–Crippen MR) is 117 cm³/mol. The van der Waals surface area contributed by atoms with E-state index in [1.54, 1.807) is 0 Å². The van der Waals surface area contributed by atoms with Crippen molar-refractivity contribution in [1.29, 1.82) is 0 Å². The van der Waals surface area contributed by atoms with Gasteiger partial charge in [-0.15, -0.1) is 0 Å². The van der Waals surface area contributed by atoms with Crippen LogP contribution >= 0.6 is 0 Å². The van der Waals surface area contributed by atoms with E-state index in [1.165, 1.54) is 0 Å². The van der Waals surface area contributed by atoms with Gasteiger partial charge in [-0.2, -0.15) is 5.10 Å². The topological polar surface area (TPSA) is 51.0 Å². The number of rotatable bonds is 6. The first-order chi connectivity index (χ1) is 14.0. The minimum atomic E-state index is 0.140. The van der Waals surface area contributed by atoms with Gasteiger partial charge < -0.3 is 4.90 Å². The maximum absolute atomic E-state index is 12.9. The van der Waals surface area contributed by atoms with Crippen molar-refractivity contribution in [2.75, 3.05) is 19.6 Å². The second-order valence-electron chi connectivity index (χ2n) is 8.78. The lowest BCUT2D eigenvalue weighted by molar-refractivity contribution is -0.124. The number of carbonyl (C=O) groups is 1. The van der Waals surface area contributed by atoms with E-state index in [1.807, 2.05) is 30.3 Å². The molecule has 0 saturated carbocycles. The average Bonchev–Trinajstić information content (AvgIpc) is 3.13. The third kappa shape index (κ3) is 4.73. The molecule has 0 N–H and O–H groups in total. The number of likely N-dealkylation sites (tertiary alicyclic amines) is 1. The maximum atomic E-state index is 12.9.